The van der Waals surface area contributed by atoms with E-state index < -0.39 is 18.9 Å². The van der Waals surface area contributed by atoms with Gasteiger partial charge in [0, 0.05) is 35.4 Å². The second-order valence-corrected chi connectivity index (χ2v) is 13.4. The van der Waals surface area contributed by atoms with Crippen LogP contribution in [0.3, 0.4) is 0 Å². The lowest BCUT2D eigenvalue weighted by molar-refractivity contribution is -0.137. The number of hydrogen-bond acceptors (Lipinski definition) is 6. The largest absolute Gasteiger partial charge is 0.419 e. The molecule has 2 heterocycles. The molecule has 1 fully saturated rings. The molecule has 0 radical (unpaired) electrons. The third-order valence-corrected chi connectivity index (χ3v) is 8.39. The molecule has 1 aliphatic rings. The van der Waals surface area contributed by atoms with Gasteiger partial charge in [0.15, 0.2) is 0 Å². The van der Waals surface area contributed by atoms with Crippen LogP contribution in [-0.2, 0) is 10.7 Å². The van der Waals surface area contributed by atoms with Crippen molar-refractivity contribution >= 4 is 29.3 Å². The van der Waals surface area contributed by atoms with Crippen molar-refractivity contribution in [2.45, 2.75) is 51.4 Å². The van der Waals surface area contributed by atoms with Crippen molar-refractivity contribution in [2.24, 2.45) is 11.1 Å². The van der Waals surface area contributed by atoms with E-state index in [0.717, 1.165) is 19.0 Å². The van der Waals surface area contributed by atoms with Crippen molar-refractivity contribution in [3.05, 3.63) is 35.7 Å². The lowest BCUT2D eigenvalue weighted by Gasteiger charge is -2.40. The topological polar surface area (TPSA) is 120 Å². The zero-order valence-corrected chi connectivity index (χ0v) is 20.9. The Morgan fingerprint density at radius 3 is 2.63 bits per heavy atom. The average Bonchev–Trinajstić information content (AvgIpc) is 3.18. The van der Waals surface area contributed by atoms with Crippen LogP contribution in [0, 0.1) is 16.7 Å². The maximum Gasteiger partial charge on any atom is 0.419 e. The van der Waals surface area contributed by atoms with Gasteiger partial charge in [-0.1, -0.05) is 19.9 Å². The molecular weight excluding hydrogens is 476 g/mol. The molecule has 0 bridgehead atoms. The normalized spacial score (nSPS) is 20.5. The van der Waals surface area contributed by atoms with Crippen molar-refractivity contribution in [2.75, 3.05) is 18.6 Å². The Bertz CT molecular complexity index is 1370. The number of nitrogens with one attached hydrogen (secondary N) is 2. The van der Waals surface area contributed by atoms with Crippen LogP contribution in [0.2, 0.25) is 0 Å². The second kappa shape index (κ2) is 8.65. The van der Waals surface area contributed by atoms with E-state index in [2.05, 4.69) is 34.1 Å². The van der Waals surface area contributed by atoms with Gasteiger partial charge in [-0.25, -0.2) is 9.97 Å². The zero-order chi connectivity index (χ0) is 25.8. The van der Waals surface area contributed by atoms with Gasteiger partial charge in [-0.05, 0) is 44.1 Å². The Kier molecular flexibility index (Phi) is 6.23. The highest BCUT2D eigenvalue weighted by atomic mass is 31.2. The summed E-state index contributed by atoms with van der Waals surface area (Å²) >= 11 is 0. The van der Waals surface area contributed by atoms with Gasteiger partial charge in [-0.2, -0.15) is 18.4 Å². The number of rotatable bonds is 4. The van der Waals surface area contributed by atoms with Gasteiger partial charge >= 0.3 is 6.18 Å². The first-order chi connectivity index (χ1) is 16.2. The molecular formula is C24H28F3N6OP. The summed E-state index contributed by atoms with van der Waals surface area (Å²) in [7, 11) is -2.92. The van der Waals surface area contributed by atoms with E-state index >= 15 is 0 Å². The van der Waals surface area contributed by atoms with Crippen molar-refractivity contribution in [3.63, 3.8) is 0 Å². The number of hydrogen-bond donors (Lipinski definition) is 3. The molecule has 11 heteroatoms. The summed E-state index contributed by atoms with van der Waals surface area (Å²) in [6.45, 7) is 7.25. The highest BCUT2D eigenvalue weighted by molar-refractivity contribution is 7.70. The highest BCUT2D eigenvalue weighted by Crippen LogP contribution is 2.43. The fourth-order valence-corrected chi connectivity index (χ4v) is 6.11. The summed E-state index contributed by atoms with van der Waals surface area (Å²) in [6, 6.07) is 4.95. The van der Waals surface area contributed by atoms with Gasteiger partial charge in [0.05, 0.1) is 28.1 Å². The first kappa shape index (κ1) is 25.2. The van der Waals surface area contributed by atoms with E-state index in [1.54, 1.807) is 6.07 Å². The monoisotopic (exact) mass is 504 g/mol. The van der Waals surface area contributed by atoms with E-state index in [4.69, 9.17) is 5.73 Å². The number of H-pyrrole nitrogens is 1. The summed E-state index contributed by atoms with van der Waals surface area (Å²) in [6.07, 6.45) is -0.163. The Hall–Kier alpha value is -2.89. The van der Waals surface area contributed by atoms with Gasteiger partial charge in [-0.15, -0.1) is 0 Å². The number of aromatic nitrogens is 3. The number of aromatic amines is 1. The van der Waals surface area contributed by atoms with Gasteiger partial charge < -0.3 is 20.6 Å². The molecule has 2 aromatic heterocycles. The second-order valence-electron chi connectivity index (χ2n) is 10.2. The first-order valence-corrected chi connectivity index (χ1v) is 13.9. The Balaban J connectivity index is 1.82. The Morgan fingerprint density at radius 1 is 1.31 bits per heavy atom. The molecule has 0 amide bonds. The predicted molar refractivity (Wildman–Crippen MR) is 131 cm³/mol. The molecule has 4 N–H and O–H groups in total. The molecule has 1 aliphatic carbocycles. The Labute approximate surface area is 201 Å². The van der Waals surface area contributed by atoms with E-state index in [9.17, 15) is 23.0 Å². The average molecular weight is 504 g/mol. The minimum Gasteiger partial charge on any atom is -0.360 e. The van der Waals surface area contributed by atoms with E-state index in [0.29, 0.717) is 22.6 Å². The van der Waals surface area contributed by atoms with Crippen LogP contribution in [-0.4, -0.2) is 40.4 Å². The summed E-state index contributed by atoms with van der Waals surface area (Å²) in [5.41, 5.74) is 5.80. The molecule has 2 atom stereocenters. The van der Waals surface area contributed by atoms with Crippen molar-refractivity contribution < 1.29 is 17.7 Å². The lowest BCUT2D eigenvalue weighted by Crippen LogP contribution is -2.46. The van der Waals surface area contributed by atoms with Crippen LogP contribution in [0.25, 0.3) is 22.2 Å². The summed E-state index contributed by atoms with van der Waals surface area (Å²) < 4.78 is 54.8. The van der Waals surface area contributed by atoms with Crippen LogP contribution < -0.4 is 16.4 Å². The van der Waals surface area contributed by atoms with Crippen LogP contribution >= 0.6 is 7.14 Å². The van der Waals surface area contributed by atoms with Crippen molar-refractivity contribution in [3.8, 4) is 17.3 Å². The molecule has 0 spiro atoms. The third kappa shape index (κ3) is 4.80. The zero-order valence-electron chi connectivity index (χ0n) is 20.0. The standard InChI is InChI=1S/C24H28F3N6OP/c1-23(2)8-7-14(9-18(23)29)32-22-31-12-17(24(25,26)27)19(33-22)16-11-30-20-15(16)6-5-13(10-28)21(20)35(3,4)34/h5-6,11-12,14,18,30H,7-9,29H2,1-4H3,(H,31,32,33)/t14-,18+/m0/s1. The minimum atomic E-state index is -4.69. The lowest BCUT2D eigenvalue weighted by atomic mass is 9.72. The minimum absolute atomic E-state index is 0.00758. The smallest absolute Gasteiger partial charge is 0.360 e. The van der Waals surface area contributed by atoms with E-state index in [1.165, 1.54) is 25.6 Å². The molecule has 1 saturated carbocycles. The number of alkyl halides is 3. The SMILES string of the molecule is CC1(C)CC[C@H](Nc2ncc(C(F)(F)F)c(-c3c[nH]c4c(P(C)(C)=O)c(C#N)ccc34)n2)C[C@H]1N. The molecule has 3 aromatic rings. The maximum absolute atomic E-state index is 13.9. The van der Waals surface area contributed by atoms with Crippen molar-refractivity contribution in [1.82, 2.24) is 15.0 Å². The van der Waals surface area contributed by atoms with Gasteiger partial charge in [0.1, 0.15) is 12.7 Å². The molecule has 1 aromatic carbocycles. The Morgan fingerprint density at radius 2 is 2.03 bits per heavy atom. The van der Waals surface area contributed by atoms with Gasteiger partial charge in [-0.3, -0.25) is 0 Å². The summed E-state index contributed by atoms with van der Waals surface area (Å²) in [5.74, 6) is 0.0878. The number of fused-ring (bicyclic) bond motifs is 1. The van der Waals surface area contributed by atoms with Crippen LogP contribution in [0.1, 0.15) is 44.2 Å². The number of halogens is 3. The number of benzene rings is 1. The van der Waals surface area contributed by atoms with Crippen LogP contribution in [0.5, 0.6) is 0 Å². The number of nitrogens with two attached hydrogens (primary N) is 1. The maximum atomic E-state index is 13.9. The molecule has 35 heavy (non-hydrogen) atoms. The molecule has 0 saturated heterocycles. The van der Waals surface area contributed by atoms with E-state index in [-0.39, 0.29) is 40.3 Å². The number of anilines is 1. The molecule has 0 unspecified atom stereocenters. The quantitative estimate of drug-likeness (QED) is 0.426. The third-order valence-electron chi connectivity index (χ3n) is 6.85. The first-order valence-electron chi connectivity index (χ1n) is 11.3. The molecule has 4 rings (SSSR count). The summed E-state index contributed by atoms with van der Waals surface area (Å²) in [5, 5.41) is 13.4. The molecule has 186 valence electrons. The van der Waals surface area contributed by atoms with Crippen LogP contribution in [0.15, 0.2) is 24.5 Å². The predicted octanol–water partition coefficient (Wildman–Crippen LogP) is 5.08. The van der Waals surface area contributed by atoms with Gasteiger partial charge in [0.2, 0.25) is 5.95 Å². The fraction of sp³-hybridized carbons (Fsp3) is 0.458. The van der Waals surface area contributed by atoms with Gasteiger partial charge in [0.25, 0.3) is 0 Å². The highest BCUT2D eigenvalue weighted by Gasteiger charge is 2.37. The van der Waals surface area contributed by atoms with Crippen LogP contribution in [0.4, 0.5) is 19.1 Å². The molecule has 0 aliphatic heterocycles. The fourth-order valence-electron chi connectivity index (χ4n) is 4.68. The van der Waals surface area contributed by atoms with E-state index in [1.807, 2.05) is 6.07 Å². The number of nitrogens with zero attached hydrogens (tertiary/aromatic N) is 3. The molecule has 7 nitrogen and oxygen atoms in total. The summed E-state index contributed by atoms with van der Waals surface area (Å²) in [4.78, 5) is 11.2. The van der Waals surface area contributed by atoms with Crippen molar-refractivity contribution in [1.29, 1.82) is 5.26 Å². The number of nitriles is 1.